The van der Waals surface area contributed by atoms with E-state index in [-0.39, 0.29) is 17.9 Å². The van der Waals surface area contributed by atoms with Gasteiger partial charge in [-0.25, -0.2) is 0 Å². The normalized spacial score (nSPS) is 17.4. The fourth-order valence-corrected chi connectivity index (χ4v) is 4.12. The summed E-state index contributed by atoms with van der Waals surface area (Å²) in [6, 6.07) is 16.5. The standard InChI is InChI=1S/C24H20ClN3O3/c1-28-12-15(13-28)26-24(30)19-10-14(6-8-20(19)25)22-9-7-16(31-22)11-18-17-4-2-3-5-21(17)27-23(18)29/h2-11,15H,12-13H2,1H3,(H,26,30)(H,27,29)/b18-11+. The number of carbonyl (C=O) groups is 2. The van der Waals surface area contributed by atoms with Gasteiger partial charge >= 0.3 is 0 Å². The van der Waals surface area contributed by atoms with E-state index in [0.29, 0.717) is 27.7 Å². The van der Waals surface area contributed by atoms with Gasteiger partial charge in [0.2, 0.25) is 0 Å². The monoisotopic (exact) mass is 433 g/mol. The third kappa shape index (κ3) is 3.76. The van der Waals surface area contributed by atoms with Crippen molar-refractivity contribution in [3.8, 4) is 11.3 Å². The Morgan fingerprint density at radius 3 is 2.81 bits per heavy atom. The number of likely N-dealkylation sites (tertiary alicyclic amines) is 1. The zero-order chi connectivity index (χ0) is 21.5. The number of amides is 2. The van der Waals surface area contributed by atoms with E-state index in [2.05, 4.69) is 15.5 Å². The van der Waals surface area contributed by atoms with Gasteiger partial charge in [-0.3, -0.25) is 9.59 Å². The molecule has 2 N–H and O–H groups in total. The van der Waals surface area contributed by atoms with Crippen LogP contribution in [-0.2, 0) is 4.79 Å². The van der Waals surface area contributed by atoms with Crippen molar-refractivity contribution in [1.82, 2.24) is 10.2 Å². The van der Waals surface area contributed by atoms with Crippen LogP contribution in [0.1, 0.15) is 21.7 Å². The molecule has 3 heterocycles. The molecule has 2 aliphatic heterocycles. The minimum absolute atomic E-state index is 0.138. The number of nitrogens with one attached hydrogen (secondary N) is 2. The van der Waals surface area contributed by atoms with Gasteiger partial charge in [-0.15, -0.1) is 0 Å². The SMILES string of the molecule is CN1CC(NC(=O)c2cc(-c3ccc(/C=C4/C(=O)Nc5ccccc54)o3)ccc2Cl)C1. The highest BCUT2D eigenvalue weighted by molar-refractivity contribution is 6.35. The van der Waals surface area contributed by atoms with Gasteiger partial charge in [0.15, 0.2) is 0 Å². The van der Waals surface area contributed by atoms with Gasteiger partial charge in [0.25, 0.3) is 11.8 Å². The van der Waals surface area contributed by atoms with Crippen LogP contribution in [-0.4, -0.2) is 42.9 Å². The number of benzene rings is 2. The molecule has 1 fully saturated rings. The molecule has 1 aromatic heterocycles. The highest BCUT2D eigenvalue weighted by Crippen LogP contribution is 2.34. The smallest absolute Gasteiger partial charge is 0.256 e. The van der Waals surface area contributed by atoms with Gasteiger partial charge < -0.3 is 20.0 Å². The average molecular weight is 434 g/mol. The summed E-state index contributed by atoms with van der Waals surface area (Å²) in [4.78, 5) is 27.1. The first-order valence-corrected chi connectivity index (χ1v) is 10.4. The zero-order valence-corrected chi connectivity index (χ0v) is 17.6. The Labute approximate surface area is 184 Å². The van der Waals surface area contributed by atoms with Crippen LogP contribution in [0, 0.1) is 0 Å². The quantitative estimate of drug-likeness (QED) is 0.606. The van der Waals surface area contributed by atoms with Crippen LogP contribution < -0.4 is 10.6 Å². The highest BCUT2D eigenvalue weighted by atomic mass is 35.5. The van der Waals surface area contributed by atoms with Crippen LogP contribution in [0.5, 0.6) is 0 Å². The first-order chi connectivity index (χ1) is 15.0. The second kappa shape index (κ2) is 7.72. The van der Waals surface area contributed by atoms with E-state index in [1.165, 1.54) is 0 Å². The molecule has 3 aromatic rings. The summed E-state index contributed by atoms with van der Waals surface area (Å²) in [6.07, 6.45) is 1.72. The summed E-state index contributed by atoms with van der Waals surface area (Å²) in [5, 5.41) is 6.24. The third-order valence-electron chi connectivity index (χ3n) is 5.52. The van der Waals surface area contributed by atoms with Gasteiger partial charge in [-0.05, 0) is 49.5 Å². The number of para-hydroxylation sites is 1. The molecule has 0 spiro atoms. The number of carbonyl (C=O) groups excluding carboxylic acids is 2. The summed E-state index contributed by atoms with van der Waals surface area (Å²) < 4.78 is 5.96. The zero-order valence-electron chi connectivity index (χ0n) is 16.8. The molecule has 0 saturated carbocycles. The largest absolute Gasteiger partial charge is 0.457 e. The number of halogens is 1. The van der Waals surface area contributed by atoms with Crippen LogP contribution in [0.3, 0.4) is 0 Å². The molecule has 6 nitrogen and oxygen atoms in total. The van der Waals surface area contributed by atoms with Crippen molar-refractivity contribution in [1.29, 1.82) is 0 Å². The molecule has 31 heavy (non-hydrogen) atoms. The van der Waals surface area contributed by atoms with E-state index in [4.69, 9.17) is 16.0 Å². The number of anilines is 1. The molecule has 2 amide bonds. The lowest BCUT2D eigenvalue weighted by molar-refractivity contribution is -0.110. The first kappa shape index (κ1) is 19.6. The van der Waals surface area contributed by atoms with Crippen LogP contribution in [0.25, 0.3) is 23.0 Å². The number of hydrogen-bond donors (Lipinski definition) is 2. The summed E-state index contributed by atoms with van der Waals surface area (Å²) in [5.74, 6) is 0.785. The lowest BCUT2D eigenvalue weighted by Crippen LogP contribution is -2.57. The van der Waals surface area contributed by atoms with Gasteiger partial charge in [-0.2, -0.15) is 0 Å². The van der Waals surface area contributed by atoms with E-state index in [0.717, 1.165) is 29.9 Å². The molecule has 1 saturated heterocycles. The van der Waals surface area contributed by atoms with Crippen LogP contribution >= 0.6 is 11.6 Å². The number of fused-ring (bicyclic) bond motifs is 1. The molecular weight excluding hydrogens is 414 g/mol. The predicted molar refractivity (Wildman–Crippen MR) is 121 cm³/mol. The summed E-state index contributed by atoms with van der Waals surface area (Å²) in [7, 11) is 2.01. The van der Waals surface area contributed by atoms with Crippen LogP contribution in [0.4, 0.5) is 5.69 Å². The molecule has 2 aliphatic rings. The fraction of sp³-hybridized carbons (Fsp3) is 0.167. The summed E-state index contributed by atoms with van der Waals surface area (Å²) in [6.45, 7) is 1.66. The molecule has 7 heteroatoms. The van der Waals surface area contributed by atoms with E-state index in [1.54, 1.807) is 24.3 Å². The first-order valence-electron chi connectivity index (χ1n) is 9.99. The molecular formula is C24H20ClN3O3. The maximum atomic E-state index is 12.6. The molecule has 0 bridgehead atoms. The average Bonchev–Trinajstić information content (AvgIpc) is 3.32. The van der Waals surface area contributed by atoms with Gasteiger partial charge in [0, 0.05) is 29.9 Å². The van der Waals surface area contributed by atoms with Gasteiger partial charge in [0.05, 0.1) is 22.2 Å². The van der Waals surface area contributed by atoms with Crippen LogP contribution in [0.2, 0.25) is 5.02 Å². The summed E-state index contributed by atoms with van der Waals surface area (Å²) >= 11 is 6.28. The Morgan fingerprint density at radius 2 is 2.00 bits per heavy atom. The molecule has 5 rings (SSSR count). The Hall–Kier alpha value is -3.35. The molecule has 2 aromatic carbocycles. The molecule has 0 atom stereocenters. The van der Waals surface area contributed by atoms with Crippen molar-refractivity contribution in [2.75, 3.05) is 25.5 Å². The fourth-order valence-electron chi connectivity index (χ4n) is 3.92. The Bertz CT molecular complexity index is 1220. The number of likely N-dealkylation sites (N-methyl/N-ethyl adjacent to an activating group) is 1. The van der Waals surface area contributed by atoms with E-state index in [1.807, 2.05) is 43.4 Å². The minimum atomic E-state index is -0.196. The number of rotatable bonds is 4. The van der Waals surface area contributed by atoms with Crippen LogP contribution in [0.15, 0.2) is 59.0 Å². The van der Waals surface area contributed by atoms with E-state index >= 15 is 0 Å². The van der Waals surface area contributed by atoms with Crippen molar-refractivity contribution in [3.05, 3.63) is 76.5 Å². The van der Waals surface area contributed by atoms with Crippen molar-refractivity contribution in [2.24, 2.45) is 0 Å². The van der Waals surface area contributed by atoms with Gasteiger partial charge in [0.1, 0.15) is 11.5 Å². The van der Waals surface area contributed by atoms with Crippen molar-refractivity contribution < 1.29 is 14.0 Å². The minimum Gasteiger partial charge on any atom is -0.457 e. The number of nitrogens with zero attached hydrogens (tertiary/aromatic N) is 1. The number of furan rings is 1. The molecule has 156 valence electrons. The molecule has 0 aliphatic carbocycles. The van der Waals surface area contributed by atoms with Crippen molar-refractivity contribution in [3.63, 3.8) is 0 Å². The van der Waals surface area contributed by atoms with Gasteiger partial charge in [-0.1, -0.05) is 29.8 Å². The Balaban J connectivity index is 1.40. The summed E-state index contributed by atoms with van der Waals surface area (Å²) in [5.41, 5.74) is 3.34. The second-order valence-corrected chi connectivity index (χ2v) is 8.25. The van der Waals surface area contributed by atoms with E-state index < -0.39 is 0 Å². The van der Waals surface area contributed by atoms with Crippen molar-refractivity contribution in [2.45, 2.75) is 6.04 Å². The highest BCUT2D eigenvalue weighted by Gasteiger charge is 2.26. The predicted octanol–water partition coefficient (Wildman–Crippen LogP) is 4.14. The Kier molecular flexibility index (Phi) is 4.88. The topological polar surface area (TPSA) is 74.6 Å². The molecule has 0 radical (unpaired) electrons. The van der Waals surface area contributed by atoms with E-state index in [9.17, 15) is 9.59 Å². The maximum absolute atomic E-state index is 12.6. The molecule has 0 unspecified atom stereocenters. The maximum Gasteiger partial charge on any atom is 0.256 e. The Morgan fingerprint density at radius 1 is 1.19 bits per heavy atom. The lowest BCUT2D eigenvalue weighted by atomic mass is 10.1. The lowest BCUT2D eigenvalue weighted by Gasteiger charge is -2.36. The second-order valence-electron chi connectivity index (χ2n) is 7.85. The van der Waals surface area contributed by atoms with Crippen molar-refractivity contribution >= 4 is 40.8 Å². The number of hydrogen-bond acceptors (Lipinski definition) is 4. The third-order valence-corrected chi connectivity index (χ3v) is 5.85.